The number of hydrogen-bond donors (Lipinski definition) is 0. The minimum atomic E-state index is 0.819. The maximum atomic E-state index is 9.89. The van der Waals surface area contributed by atoms with Crippen molar-refractivity contribution < 1.29 is 4.79 Å². The van der Waals surface area contributed by atoms with Crippen LogP contribution in [-0.4, -0.2) is 24.4 Å². The molecule has 0 saturated carbocycles. The van der Waals surface area contributed by atoms with Crippen molar-refractivity contribution in [2.24, 2.45) is 0 Å². The molecule has 0 aliphatic rings. The molecule has 0 N–H and O–H groups in total. The summed E-state index contributed by atoms with van der Waals surface area (Å²) in [6, 6.07) is 1.75. The van der Waals surface area contributed by atoms with Crippen LogP contribution in [0.4, 0.5) is 0 Å². The molecule has 0 rings (SSSR count). The highest BCUT2D eigenvalue weighted by Crippen LogP contribution is 1.75. The number of nitrogens with zero attached hydrogens (tertiary/aromatic N) is 2. The Bertz CT molecular complexity index is 103. The fourth-order valence-electron chi connectivity index (χ4n) is 0.373. The number of hydrogen-bond acceptors (Lipinski definition) is 2. The van der Waals surface area contributed by atoms with Gasteiger partial charge in [-0.05, 0) is 13.8 Å². The molecule has 3 heteroatoms. The predicted octanol–water partition coefficient (Wildman–Crippen LogP) is 1.01. The SMILES string of the molecule is CC#N.CCN(C=O)CC. The molecule has 1 amide bonds. The molecular weight excluding hydrogens is 128 g/mol. The molecule has 0 atom stereocenters. The van der Waals surface area contributed by atoms with E-state index in [1.165, 1.54) is 6.92 Å². The Morgan fingerprint density at radius 3 is 1.80 bits per heavy atom. The Morgan fingerprint density at radius 1 is 1.50 bits per heavy atom. The fraction of sp³-hybridized carbons (Fsp3) is 0.714. The maximum absolute atomic E-state index is 9.89. The first-order valence-electron chi connectivity index (χ1n) is 3.26. The summed E-state index contributed by atoms with van der Waals surface area (Å²) < 4.78 is 0. The molecule has 0 aromatic rings. The molecule has 0 unspecified atom stereocenters. The first-order valence-corrected chi connectivity index (χ1v) is 3.26. The van der Waals surface area contributed by atoms with E-state index in [2.05, 4.69) is 0 Å². The zero-order chi connectivity index (χ0) is 8.41. The van der Waals surface area contributed by atoms with Crippen molar-refractivity contribution in [3.8, 4) is 6.07 Å². The van der Waals surface area contributed by atoms with E-state index < -0.39 is 0 Å². The summed E-state index contributed by atoms with van der Waals surface area (Å²) in [4.78, 5) is 11.6. The van der Waals surface area contributed by atoms with Gasteiger partial charge in [-0.15, -0.1) is 0 Å². The van der Waals surface area contributed by atoms with Gasteiger partial charge in [0.1, 0.15) is 0 Å². The molecule has 0 heterocycles. The van der Waals surface area contributed by atoms with E-state index in [4.69, 9.17) is 5.26 Å². The highest BCUT2D eigenvalue weighted by atomic mass is 16.1. The maximum Gasteiger partial charge on any atom is 0.209 e. The molecule has 58 valence electrons. The molecular formula is C7H14N2O. The quantitative estimate of drug-likeness (QED) is 0.552. The lowest BCUT2D eigenvalue weighted by atomic mass is 10.6. The number of nitriles is 1. The van der Waals surface area contributed by atoms with Crippen molar-refractivity contribution in [3.05, 3.63) is 0 Å². The molecule has 0 bridgehead atoms. The molecule has 0 aliphatic carbocycles. The second-order valence-corrected chi connectivity index (χ2v) is 1.55. The average Bonchev–Trinajstić information content (AvgIpc) is 1.93. The Morgan fingerprint density at radius 2 is 1.80 bits per heavy atom. The van der Waals surface area contributed by atoms with Gasteiger partial charge in [0.15, 0.2) is 0 Å². The van der Waals surface area contributed by atoms with Crippen LogP contribution in [0.1, 0.15) is 20.8 Å². The summed E-state index contributed by atoms with van der Waals surface area (Å²) in [5, 5.41) is 7.32. The lowest BCUT2D eigenvalue weighted by Crippen LogP contribution is -2.19. The normalized spacial score (nSPS) is 6.60. The van der Waals surface area contributed by atoms with Crippen molar-refractivity contribution >= 4 is 6.41 Å². The van der Waals surface area contributed by atoms with Crippen LogP contribution >= 0.6 is 0 Å². The average molecular weight is 142 g/mol. The summed E-state index contributed by atoms with van der Waals surface area (Å²) in [6.45, 7) is 6.98. The monoisotopic (exact) mass is 142 g/mol. The smallest absolute Gasteiger partial charge is 0.209 e. The fourth-order valence-corrected chi connectivity index (χ4v) is 0.373. The van der Waals surface area contributed by atoms with E-state index in [-0.39, 0.29) is 0 Å². The molecule has 0 radical (unpaired) electrons. The Labute approximate surface area is 62.2 Å². The molecule has 0 spiro atoms. The highest BCUT2D eigenvalue weighted by Gasteiger charge is 1.87. The summed E-state index contributed by atoms with van der Waals surface area (Å²) in [6.07, 6.45) is 0.861. The van der Waals surface area contributed by atoms with Gasteiger partial charge in [0.2, 0.25) is 6.41 Å². The molecule has 0 aromatic heterocycles. The van der Waals surface area contributed by atoms with Crippen LogP contribution < -0.4 is 0 Å². The molecule has 3 nitrogen and oxygen atoms in total. The van der Waals surface area contributed by atoms with Gasteiger partial charge in [-0.3, -0.25) is 4.79 Å². The van der Waals surface area contributed by atoms with Gasteiger partial charge in [0, 0.05) is 20.0 Å². The molecule has 0 aromatic carbocycles. The number of carbonyl (C=O) groups excluding carboxylic acids is 1. The summed E-state index contributed by atoms with van der Waals surface area (Å²) in [7, 11) is 0. The third-order valence-electron chi connectivity index (χ3n) is 0.961. The number of amides is 1. The van der Waals surface area contributed by atoms with E-state index in [0.717, 1.165) is 19.5 Å². The van der Waals surface area contributed by atoms with Gasteiger partial charge in [-0.1, -0.05) is 0 Å². The minimum absolute atomic E-state index is 0.819. The summed E-state index contributed by atoms with van der Waals surface area (Å²) in [5.74, 6) is 0. The topological polar surface area (TPSA) is 44.1 Å². The second-order valence-electron chi connectivity index (χ2n) is 1.55. The third-order valence-corrected chi connectivity index (χ3v) is 0.961. The van der Waals surface area contributed by atoms with Gasteiger partial charge >= 0.3 is 0 Å². The van der Waals surface area contributed by atoms with Crippen LogP contribution in [0.25, 0.3) is 0 Å². The van der Waals surface area contributed by atoms with Crippen LogP contribution in [0.15, 0.2) is 0 Å². The van der Waals surface area contributed by atoms with Gasteiger partial charge in [0.25, 0.3) is 0 Å². The van der Waals surface area contributed by atoms with E-state index in [9.17, 15) is 4.79 Å². The number of carbonyl (C=O) groups is 1. The first-order chi connectivity index (χ1) is 4.76. The largest absolute Gasteiger partial charge is 0.346 e. The van der Waals surface area contributed by atoms with E-state index in [1.54, 1.807) is 11.0 Å². The van der Waals surface area contributed by atoms with Crippen molar-refractivity contribution in [2.75, 3.05) is 13.1 Å². The van der Waals surface area contributed by atoms with Crippen LogP contribution in [-0.2, 0) is 4.79 Å². The minimum Gasteiger partial charge on any atom is -0.346 e. The molecule has 0 fully saturated rings. The van der Waals surface area contributed by atoms with Gasteiger partial charge in [-0.25, -0.2) is 0 Å². The van der Waals surface area contributed by atoms with Crippen LogP contribution in [0.3, 0.4) is 0 Å². The second kappa shape index (κ2) is 10.9. The first kappa shape index (κ1) is 11.7. The van der Waals surface area contributed by atoms with Crippen LogP contribution in [0.2, 0.25) is 0 Å². The molecule has 0 saturated heterocycles. The van der Waals surface area contributed by atoms with Crippen molar-refractivity contribution in [1.82, 2.24) is 4.90 Å². The van der Waals surface area contributed by atoms with E-state index in [0.29, 0.717) is 0 Å². The van der Waals surface area contributed by atoms with Gasteiger partial charge in [-0.2, -0.15) is 5.26 Å². The van der Waals surface area contributed by atoms with Gasteiger partial charge in [0.05, 0.1) is 6.07 Å². The highest BCUT2D eigenvalue weighted by molar-refractivity contribution is 5.46. The summed E-state index contributed by atoms with van der Waals surface area (Å²) in [5.41, 5.74) is 0. The number of rotatable bonds is 3. The molecule has 10 heavy (non-hydrogen) atoms. The summed E-state index contributed by atoms with van der Waals surface area (Å²) >= 11 is 0. The standard InChI is InChI=1S/C5H11NO.C2H3N/c1-3-6(4-2)5-7;1-2-3/h5H,3-4H2,1-2H3;1H3. The van der Waals surface area contributed by atoms with Crippen molar-refractivity contribution in [3.63, 3.8) is 0 Å². The van der Waals surface area contributed by atoms with Crippen molar-refractivity contribution in [1.29, 1.82) is 5.26 Å². The van der Waals surface area contributed by atoms with Crippen LogP contribution in [0.5, 0.6) is 0 Å². The zero-order valence-corrected chi connectivity index (χ0v) is 6.79. The Hall–Kier alpha value is -1.04. The van der Waals surface area contributed by atoms with Crippen LogP contribution in [0, 0.1) is 11.3 Å². The lowest BCUT2D eigenvalue weighted by Gasteiger charge is -2.08. The Kier molecular flexibility index (Phi) is 12.7. The van der Waals surface area contributed by atoms with E-state index in [1.807, 2.05) is 13.8 Å². The molecule has 0 aliphatic heterocycles. The van der Waals surface area contributed by atoms with E-state index >= 15 is 0 Å². The van der Waals surface area contributed by atoms with Crippen molar-refractivity contribution in [2.45, 2.75) is 20.8 Å². The predicted molar refractivity (Wildman–Crippen MR) is 40.3 cm³/mol. The lowest BCUT2D eigenvalue weighted by molar-refractivity contribution is -0.117. The zero-order valence-electron chi connectivity index (χ0n) is 6.79. The third kappa shape index (κ3) is 10.0. The van der Waals surface area contributed by atoms with Gasteiger partial charge < -0.3 is 4.90 Å². The Balaban J connectivity index is 0.